The van der Waals surface area contributed by atoms with Crippen molar-refractivity contribution in [1.29, 1.82) is 0 Å². The molecular formula is C24H54O2Si2. The van der Waals surface area contributed by atoms with Crippen LogP contribution in [0, 0.1) is 0 Å². The summed E-state index contributed by atoms with van der Waals surface area (Å²) in [5, 5.41) is 0. The van der Waals surface area contributed by atoms with Gasteiger partial charge in [-0.3, -0.25) is 0 Å². The van der Waals surface area contributed by atoms with Crippen LogP contribution in [0.4, 0.5) is 0 Å². The second-order valence-electron chi connectivity index (χ2n) is 12.2. The van der Waals surface area contributed by atoms with E-state index in [4.69, 9.17) is 8.85 Å². The first kappa shape index (κ1) is 28.4. The van der Waals surface area contributed by atoms with Crippen molar-refractivity contribution in [3.8, 4) is 0 Å². The number of rotatable bonds is 11. The average molecular weight is 431 g/mol. The molecule has 0 aliphatic carbocycles. The summed E-state index contributed by atoms with van der Waals surface area (Å²) in [5.74, 6) is 0. The second-order valence-corrected chi connectivity index (χ2v) is 22.0. The second kappa shape index (κ2) is 10.6. The average Bonchev–Trinajstić information content (AvgIpc) is 2.45. The largest absolute Gasteiger partial charge is 0.412 e. The van der Waals surface area contributed by atoms with Crippen molar-refractivity contribution in [2.75, 3.05) is 0 Å². The molecule has 0 aliphatic rings. The Balaban J connectivity index is 5.36. The number of hydrogen-bond acceptors (Lipinski definition) is 2. The Labute approximate surface area is 180 Å². The minimum absolute atomic E-state index is 0.0511. The van der Waals surface area contributed by atoms with Crippen LogP contribution in [0.25, 0.3) is 0 Å². The molecule has 0 fully saturated rings. The van der Waals surface area contributed by atoms with Crippen LogP contribution < -0.4 is 0 Å². The minimum atomic E-state index is -1.81. The van der Waals surface area contributed by atoms with Gasteiger partial charge in [0.1, 0.15) is 0 Å². The molecule has 0 amide bonds. The highest BCUT2D eigenvalue weighted by Crippen LogP contribution is 2.44. The van der Waals surface area contributed by atoms with Crippen LogP contribution in [0.2, 0.25) is 34.3 Å². The molecule has 0 aromatic carbocycles. The lowest BCUT2D eigenvalue weighted by atomic mass is 10.2. The fourth-order valence-corrected chi connectivity index (χ4v) is 15.0. The van der Waals surface area contributed by atoms with Crippen LogP contribution in [0.5, 0.6) is 0 Å². The number of unbranched alkanes of at least 4 members (excludes halogenated alkanes) is 1. The highest BCUT2D eigenvalue weighted by atomic mass is 28.4. The fraction of sp³-hybridized carbons (Fsp3) is 1.00. The molecule has 0 bridgehead atoms. The van der Waals surface area contributed by atoms with Gasteiger partial charge in [0.15, 0.2) is 16.6 Å². The Morgan fingerprint density at radius 1 is 0.500 bits per heavy atom. The van der Waals surface area contributed by atoms with Crippen LogP contribution in [0.3, 0.4) is 0 Å². The van der Waals surface area contributed by atoms with Gasteiger partial charge >= 0.3 is 0 Å². The molecule has 0 N–H and O–H groups in total. The monoisotopic (exact) mass is 430 g/mol. The molecule has 0 rings (SSSR count). The summed E-state index contributed by atoms with van der Waals surface area (Å²) in [6.45, 7) is 32.5. The standard InChI is InChI=1S/C24H54O2Si2/c1-19(2)27(20(3)4,25-23(9,10)11)17-15-16-18-28(21(5)6,22(7)8)26-24(12,13)14/h19-22H,15-18H2,1-14H3. The van der Waals surface area contributed by atoms with Crippen molar-refractivity contribution in [2.45, 2.75) is 155 Å². The smallest absolute Gasteiger partial charge is 0.198 e. The Kier molecular flexibility index (Phi) is 10.7. The summed E-state index contributed by atoms with van der Waals surface area (Å²) in [7, 11) is -3.62. The summed E-state index contributed by atoms with van der Waals surface area (Å²) in [6, 6.07) is 2.55. The van der Waals surface area contributed by atoms with Crippen molar-refractivity contribution in [1.82, 2.24) is 0 Å². The van der Waals surface area contributed by atoms with Crippen molar-refractivity contribution in [2.24, 2.45) is 0 Å². The molecule has 0 aliphatic heterocycles. The normalized spacial score (nSPS) is 14.8. The third kappa shape index (κ3) is 8.24. The van der Waals surface area contributed by atoms with Gasteiger partial charge in [-0.2, -0.15) is 0 Å². The first-order valence-corrected chi connectivity index (χ1v) is 16.3. The van der Waals surface area contributed by atoms with Gasteiger partial charge in [0.25, 0.3) is 0 Å². The van der Waals surface area contributed by atoms with E-state index in [-0.39, 0.29) is 11.2 Å². The molecule has 0 spiro atoms. The predicted molar refractivity (Wildman–Crippen MR) is 132 cm³/mol. The molecule has 0 radical (unpaired) electrons. The maximum absolute atomic E-state index is 6.87. The SMILES string of the molecule is CC(C)[Si](CCCC[Si](OC(C)(C)C)(C(C)C)C(C)C)(OC(C)(C)C)C(C)C. The molecule has 170 valence electrons. The summed E-state index contributed by atoms with van der Waals surface area (Å²) < 4.78 is 13.7. The molecule has 0 saturated heterocycles. The van der Waals surface area contributed by atoms with E-state index in [0.717, 1.165) is 0 Å². The summed E-state index contributed by atoms with van der Waals surface area (Å²) >= 11 is 0. The highest BCUT2D eigenvalue weighted by Gasteiger charge is 2.46. The van der Waals surface area contributed by atoms with Crippen LogP contribution in [-0.4, -0.2) is 27.8 Å². The molecule has 0 unspecified atom stereocenters. The van der Waals surface area contributed by atoms with Crippen LogP contribution in [-0.2, 0) is 8.85 Å². The van der Waals surface area contributed by atoms with Gasteiger partial charge in [-0.05, 0) is 75.8 Å². The zero-order valence-electron chi connectivity index (χ0n) is 22.0. The number of hydrogen-bond donors (Lipinski definition) is 0. The maximum Gasteiger partial charge on any atom is 0.198 e. The molecule has 0 aromatic rings. The van der Waals surface area contributed by atoms with Crippen molar-refractivity contribution >= 4 is 16.6 Å². The molecule has 0 saturated carbocycles. The zero-order valence-corrected chi connectivity index (χ0v) is 24.0. The molecule has 0 heterocycles. The Bertz CT molecular complexity index is 385. The molecule has 4 heteroatoms. The van der Waals surface area contributed by atoms with Gasteiger partial charge in [0, 0.05) is 11.2 Å². The summed E-state index contributed by atoms with van der Waals surface area (Å²) in [4.78, 5) is 0. The van der Waals surface area contributed by atoms with Crippen LogP contribution >= 0.6 is 0 Å². The van der Waals surface area contributed by atoms with E-state index in [1.54, 1.807) is 0 Å². The molecule has 0 atom stereocenters. The van der Waals surface area contributed by atoms with Crippen molar-refractivity contribution < 1.29 is 8.85 Å². The van der Waals surface area contributed by atoms with E-state index < -0.39 is 16.6 Å². The maximum atomic E-state index is 6.87. The van der Waals surface area contributed by atoms with Crippen LogP contribution in [0.15, 0.2) is 0 Å². The van der Waals surface area contributed by atoms with Gasteiger partial charge < -0.3 is 8.85 Å². The van der Waals surface area contributed by atoms with Crippen molar-refractivity contribution in [3.05, 3.63) is 0 Å². The van der Waals surface area contributed by atoms with E-state index in [0.29, 0.717) is 22.2 Å². The highest BCUT2D eigenvalue weighted by molar-refractivity contribution is 6.77. The lowest BCUT2D eigenvalue weighted by molar-refractivity contribution is 0.106. The zero-order chi connectivity index (χ0) is 22.6. The Hall–Kier alpha value is 0.354. The van der Waals surface area contributed by atoms with Gasteiger partial charge in [-0.1, -0.05) is 68.2 Å². The molecule has 28 heavy (non-hydrogen) atoms. The fourth-order valence-electron chi connectivity index (χ4n) is 5.00. The van der Waals surface area contributed by atoms with E-state index in [1.165, 1.54) is 24.9 Å². The summed E-state index contributed by atoms with van der Waals surface area (Å²) in [6.07, 6.45) is 2.56. The van der Waals surface area contributed by atoms with Gasteiger partial charge in [-0.15, -0.1) is 0 Å². The quantitative estimate of drug-likeness (QED) is 0.240. The third-order valence-corrected chi connectivity index (χ3v) is 18.4. The Morgan fingerprint density at radius 2 is 0.714 bits per heavy atom. The van der Waals surface area contributed by atoms with Crippen molar-refractivity contribution in [3.63, 3.8) is 0 Å². The first-order valence-electron chi connectivity index (χ1n) is 11.8. The third-order valence-electron chi connectivity index (χ3n) is 6.29. The molecular weight excluding hydrogens is 376 g/mol. The van der Waals surface area contributed by atoms with E-state index in [2.05, 4.69) is 96.9 Å². The lowest BCUT2D eigenvalue weighted by Crippen LogP contribution is -2.50. The summed E-state index contributed by atoms with van der Waals surface area (Å²) in [5.41, 5.74) is 2.49. The first-order chi connectivity index (χ1) is 12.4. The topological polar surface area (TPSA) is 18.5 Å². The minimum Gasteiger partial charge on any atom is -0.412 e. The van der Waals surface area contributed by atoms with E-state index in [9.17, 15) is 0 Å². The van der Waals surface area contributed by atoms with Gasteiger partial charge in [0.05, 0.1) is 0 Å². The molecule has 2 nitrogen and oxygen atoms in total. The van der Waals surface area contributed by atoms with Gasteiger partial charge in [0.2, 0.25) is 0 Å². The predicted octanol–water partition coefficient (Wildman–Crippen LogP) is 8.93. The van der Waals surface area contributed by atoms with Crippen LogP contribution in [0.1, 0.15) is 110 Å². The lowest BCUT2D eigenvalue weighted by Gasteiger charge is -2.45. The molecule has 0 aromatic heterocycles. The van der Waals surface area contributed by atoms with Gasteiger partial charge in [-0.25, -0.2) is 0 Å². The van der Waals surface area contributed by atoms with E-state index in [1.807, 2.05) is 0 Å². The Morgan fingerprint density at radius 3 is 0.857 bits per heavy atom. The van der Waals surface area contributed by atoms with E-state index >= 15 is 0 Å².